The number of carbonyl (C=O) groups is 1. The van der Waals surface area contributed by atoms with Crippen molar-refractivity contribution in [1.82, 2.24) is 3.97 Å². The number of carbonyl (C=O) groups excluding carboxylic acids is 1. The van der Waals surface area contributed by atoms with Gasteiger partial charge in [-0.05, 0) is 68.3 Å². The average Bonchev–Trinajstić information content (AvgIpc) is 3.44. The van der Waals surface area contributed by atoms with Crippen LogP contribution in [-0.4, -0.2) is 29.4 Å². The second kappa shape index (κ2) is 10.2. The Hall–Kier alpha value is -4.14. The van der Waals surface area contributed by atoms with Crippen molar-refractivity contribution in [3.8, 4) is 5.75 Å². The van der Waals surface area contributed by atoms with Crippen molar-refractivity contribution >= 4 is 21.4 Å². The number of aliphatic hydroxyl groups is 1. The highest BCUT2D eigenvalue weighted by molar-refractivity contribution is 7.90. The van der Waals surface area contributed by atoms with E-state index in [2.05, 4.69) is 0 Å². The van der Waals surface area contributed by atoms with Gasteiger partial charge in [0.2, 0.25) is 11.4 Å². The summed E-state index contributed by atoms with van der Waals surface area (Å²) >= 11 is 0. The molecule has 0 saturated carbocycles. The molecule has 1 unspecified atom stereocenters. The lowest BCUT2D eigenvalue weighted by Crippen LogP contribution is -2.50. The van der Waals surface area contributed by atoms with Crippen molar-refractivity contribution in [2.75, 3.05) is 0 Å². The molecular formula is C31H29NO6S. The predicted molar refractivity (Wildman–Crippen MR) is 147 cm³/mol. The van der Waals surface area contributed by atoms with E-state index in [9.17, 15) is 18.3 Å². The number of benzene rings is 3. The van der Waals surface area contributed by atoms with Crippen molar-refractivity contribution in [3.05, 3.63) is 125 Å². The molecule has 0 fully saturated rings. The Morgan fingerprint density at radius 2 is 1.56 bits per heavy atom. The lowest BCUT2D eigenvalue weighted by Gasteiger charge is -2.40. The summed E-state index contributed by atoms with van der Waals surface area (Å²) in [6, 6.07) is 26.0. The standard InChI is InChI=1S/C31H29NO6S/c1-21(2)38-30-28(24-13-15-25(16-14-24)37-20-23-8-5-4-6-9-23)29(33)31(30,34)27-10-7-19-32(27)39(35,36)26-17-11-22(3)12-18-26/h4-19,21,34H,20H2,1-3H3. The van der Waals surface area contributed by atoms with Crippen molar-refractivity contribution in [3.63, 3.8) is 0 Å². The van der Waals surface area contributed by atoms with Gasteiger partial charge in [-0.2, -0.15) is 0 Å². The van der Waals surface area contributed by atoms with E-state index in [1.807, 2.05) is 37.3 Å². The van der Waals surface area contributed by atoms with Crippen molar-refractivity contribution < 1.29 is 27.8 Å². The molecule has 1 aromatic heterocycles. The number of aryl methyl sites for hydroxylation is 1. The van der Waals surface area contributed by atoms with Gasteiger partial charge in [0.05, 0.1) is 22.3 Å². The second-order valence-corrected chi connectivity index (χ2v) is 11.5. The van der Waals surface area contributed by atoms with Gasteiger partial charge in [0.25, 0.3) is 10.0 Å². The van der Waals surface area contributed by atoms with Crippen LogP contribution in [0.25, 0.3) is 5.57 Å². The van der Waals surface area contributed by atoms with E-state index in [4.69, 9.17) is 9.47 Å². The van der Waals surface area contributed by atoms with Gasteiger partial charge in [0, 0.05) is 6.20 Å². The van der Waals surface area contributed by atoms with Gasteiger partial charge >= 0.3 is 0 Å². The molecule has 5 rings (SSSR count). The van der Waals surface area contributed by atoms with Crippen LogP contribution >= 0.6 is 0 Å². The zero-order chi connectivity index (χ0) is 27.8. The summed E-state index contributed by atoms with van der Waals surface area (Å²) in [5, 5.41) is 11.7. The monoisotopic (exact) mass is 543 g/mol. The molecule has 1 N–H and O–H groups in total. The lowest BCUT2D eigenvalue weighted by atomic mass is 9.72. The Morgan fingerprint density at radius 3 is 2.21 bits per heavy atom. The van der Waals surface area contributed by atoms with Crippen LogP contribution in [0.5, 0.6) is 5.75 Å². The van der Waals surface area contributed by atoms with Crippen LogP contribution < -0.4 is 4.74 Å². The quantitative estimate of drug-likeness (QED) is 0.311. The Labute approximate surface area is 228 Å². The first-order valence-electron chi connectivity index (χ1n) is 12.6. The van der Waals surface area contributed by atoms with Gasteiger partial charge in [-0.25, -0.2) is 12.4 Å². The molecule has 1 atom stereocenters. The van der Waals surface area contributed by atoms with Crippen LogP contribution in [0.3, 0.4) is 0 Å². The Balaban J connectivity index is 1.49. The summed E-state index contributed by atoms with van der Waals surface area (Å²) in [6.45, 7) is 5.81. The Morgan fingerprint density at radius 1 is 0.897 bits per heavy atom. The molecule has 39 heavy (non-hydrogen) atoms. The van der Waals surface area contributed by atoms with E-state index in [0.717, 1.165) is 15.1 Å². The minimum Gasteiger partial charge on any atom is -0.491 e. The number of hydrogen-bond donors (Lipinski definition) is 1. The van der Waals surface area contributed by atoms with Crippen molar-refractivity contribution in [1.29, 1.82) is 0 Å². The van der Waals surface area contributed by atoms with Crippen LogP contribution in [-0.2, 0) is 31.8 Å². The van der Waals surface area contributed by atoms with Crippen LogP contribution in [0, 0.1) is 6.92 Å². The largest absolute Gasteiger partial charge is 0.491 e. The zero-order valence-electron chi connectivity index (χ0n) is 21.9. The maximum Gasteiger partial charge on any atom is 0.267 e. The maximum absolute atomic E-state index is 13.6. The zero-order valence-corrected chi connectivity index (χ0v) is 22.7. The number of ether oxygens (including phenoxy) is 2. The first-order chi connectivity index (χ1) is 18.6. The SMILES string of the molecule is Cc1ccc(S(=O)(=O)n2cccc2C2(O)C(=O)C(c3ccc(OCc4ccccc4)cc3)=C2OC(C)C)cc1. The van der Waals surface area contributed by atoms with E-state index in [-0.39, 0.29) is 28.0 Å². The molecule has 1 aliphatic carbocycles. The number of aromatic nitrogens is 1. The number of hydrogen-bond acceptors (Lipinski definition) is 6. The third-order valence-electron chi connectivity index (χ3n) is 6.52. The maximum atomic E-state index is 13.6. The highest BCUT2D eigenvalue weighted by Gasteiger charge is 2.58. The molecular weight excluding hydrogens is 514 g/mol. The number of ketones is 1. The van der Waals surface area contributed by atoms with E-state index in [0.29, 0.717) is 17.9 Å². The molecule has 0 saturated heterocycles. The molecule has 0 aliphatic heterocycles. The molecule has 1 aliphatic rings. The summed E-state index contributed by atoms with van der Waals surface area (Å²) in [6.07, 6.45) is 0.944. The van der Waals surface area contributed by atoms with Crippen LogP contribution in [0.15, 0.2) is 108 Å². The Kier molecular flexibility index (Phi) is 6.92. The first kappa shape index (κ1) is 26.5. The molecule has 200 valence electrons. The van der Waals surface area contributed by atoms with Crippen molar-refractivity contribution in [2.24, 2.45) is 0 Å². The predicted octanol–water partition coefficient (Wildman–Crippen LogP) is 5.22. The average molecular weight is 544 g/mol. The van der Waals surface area contributed by atoms with Crippen LogP contribution in [0.2, 0.25) is 0 Å². The van der Waals surface area contributed by atoms with Gasteiger partial charge in [-0.3, -0.25) is 4.79 Å². The van der Waals surface area contributed by atoms with Gasteiger partial charge in [-0.15, -0.1) is 0 Å². The number of Topliss-reactive ketones (excluding diaryl/α,β-unsaturated/α-hetero) is 1. The van der Waals surface area contributed by atoms with E-state index in [1.165, 1.54) is 30.5 Å². The molecule has 4 aromatic rings. The summed E-state index contributed by atoms with van der Waals surface area (Å²) < 4.78 is 39.7. The third kappa shape index (κ3) is 4.77. The van der Waals surface area contributed by atoms with Crippen molar-refractivity contribution in [2.45, 2.75) is 44.0 Å². The molecule has 3 aromatic carbocycles. The minimum atomic E-state index is -4.08. The summed E-state index contributed by atoms with van der Waals surface area (Å²) in [5.74, 6) is -0.00990. The lowest BCUT2D eigenvalue weighted by molar-refractivity contribution is -0.139. The molecule has 8 heteroatoms. The van der Waals surface area contributed by atoms with Gasteiger partial charge < -0.3 is 14.6 Å². The van der Waals surface area contributed by atoms with Gasteiger partial charge in [0.15, 0.2) is 5.76 Å². The number of nitrogens with zero attached hydrogens (tertiary/aromatic N) is 1. The first-order valence-corrected chi connectivity index (χ1v) is 14.0. The fraction of sp³-hybridized carbons (Fsp3) is 0.194. The van der Waals surface area contributed by atoms with E-state index < -0.39 is 21.4 Å². The molecule has 1 heterocycles. The molecule has 0 bridgehead atoms. The van der Waals surface area contributed by atoms with Gasteiger partial charge in [-0.1, -0.05) is 60.2 Å². The number of rotatable bonds is 9. The van der Waals surface area contributed by atoms with Crippen LogP contribution in [0.1, 0.15) is 36.2 Å². The highest BCUT2D eigenvalue weighted by atomic mass is 32.2. The summed E-state index contributed by atoms with van der Waals surface area (Å²) in [5.41, 5.74) is 0.304. The van der Waals surface area contributed by atoms with E-state index in [1.54, 1.807) is 50.2 Å². The minimum absolute atomic E-state index is 0.0134. The summed E-state index contributed by atoms with van der Waals surface area (Å²) in [4.78, 5) is 13.6. The topological polar surface area (TPSA) is 94.8 Å². The highest BCUT2D eigenvalue weighted by Crippen LogP contribution is 2.49. The van der Waals surface area contributed by atoms with Crippen LogP contribution in [0.4, 0.5) is 0 Å². The summed E-state index contributed by atoms with van der Waals surface area (Å²) in [7, 11) is -4.08. The molecule has 0 radical (unpaired) electrons. The molecule has 0 spiro atoms. The normalized spacial score (nSPS) is 17.3. The third-order valence-corrected chi connectivity index (χ3v) is 8.22. The Bertz CT molecular complexity index is 1640. The fourth-order valence-electron chi connectivity index (χ4n) is 4.52. The smallest absolute Gasteiger partial charge is 0.267 e. The molecule has 7 nitrogen and oxygen atoms in total. The van der Waals surface area contributed by atoms with E-state index >= 15 is 0 Å². The van der Waals surface area contributed by atoms with Gasteiger partial charge in [0.1, 0.15) is 12.4 Å². The second-order valence-electron chi connectivity index (χ2n) is 9.72. The molecule has 0 amide bonds. The fourth-order valence-corrected chi connectivity index (χ4v) is 5.91.